The molecule has 2 aliphatic rings. The van der Waals surface area contributed by atoms with Gasteiger partial charge >= 0.3 is 12.0 Å². The second-order valence-corrected chi connectivity index (χ2v) is 12.5. The predicted octanol–water partition coefficient (Wildman–Crippen LogP) is 4.19. The first kappa shape index (κ1) is 29.8. The Morgan fingerprint density at radius 2 is 1.82 bits per heavy atom. The molecule has 13 heteroatoms. The van der Waals surface area contributed by atoms with Crippen LogP contribution in [0.15, 0.2) is 47.4 Å². The van der Waals surface area contributed by atoms with Crippen LogP contribution in [0, 0.1) is 18.7 Å². The van der Waals surface area contributed by atoms with Crippen molar-refractivity contribution in [3.8, 4) is 0 Å². The molecule has 10 nitrogen and oxygen atoms in total. The van der Waals surface area contributed by atoms with Gasteiger partial charge in [-0.3, -0.25) is 14.5 Å². The Labute approximate surface area is 237 Å². The minimum atomic E-state index is -4.42. The molecule has 1 saturated heterocycles. The van der Waals surface area contributed by atoms with Gasteiger partial charge in [-0.2, -0.15) is 4.31 Å². The maximum atomic E-state index is 13.8. The first-order valence-electron chi connectivity index (χ1n) is 13.1. The third-order valence-corrected chi connectivity index (χ3v) is 9.47. The van der Waals surface area contributed by atoms with Gasteiger partial charge in [-0.15, -0.1) is 0 Å². The third-order valence-electron chi connectivity index (χ3n) is 7.33. The summed E-state index contributed by atoms with van der Waals surface area (Å²) in [7, 11) is -4.42. The van der Waals surface area contributed by atoms with Crippen LogP contribution >= 0.6 is 11.6 Å². The lowest BCUT2D eigenvalue weighted by Crippen LogP contribution is -2.57. The topological polar surface area (TPSA) is 136 Å². The Hall–Kier alpha value is -3.22. The minimum absolute atomic E-state index is 0.0919. The van der Waals surface area contributed by atoms with Gasteiger partial charge in [-0.25, -0.2) is 17.6 Å². The average molecular weight is 595 g/mol. The predicted molar refractivity (Wildman–Crippen MR) is 147 cm³/mol. The molecule has 2 aromatic carbocycles. The largest absolute Gasteiger partial charge is 0.481 e. The van der Waals surface area contributed by atoms with Crippen molar-refractivity contribution >= 4 is 45.2 Å². The molecule has 0 radical (unpaired) electrons. The number of rotatable bonds is 8. The number of nitrogens with zero attached hydrogens (tertiary/aromatic N) is 2. The average Bonchev–Trinajstić information content (AvgIpc) is 3.37. The van der Waals surface area contributed by atoms with Crippen molar-refractivity contribution in [1.82, 2.24) is 14.5 Å². The minimum Gasteiger partial charge on any atom is -0.481 e. The molecule has 1 aliphatic heterocycles. The Morgan fingerprint density at radius 1 is 1.10 bits per heavy atom. The molecule has 0 bridgehead atoms. The molecule has 2 aromatic rings. The number of carbonyl (C=O) groups is 3. The summed E-state index contributed by atoms with van der Waals surface area (Å²) in [5.74, 6) is -2.81. The Morgan fingerprint density at radius 3 is 2.48 bits per heavy atom. The van der Waals surface area contributed by atoms with Crippen LogP contribution in [0.2, 0.25) is 5.02 Å². The molecule has 0 spiro atoms. The van der Waals surface area contributed by atoms with Crippen LogP contribution < -0.4 is 10.6 Å². The van der Waals surface area contributed by atoms with Crippen molar-refractivity contribution in [1.29, 1.82) is 0 Å². The van der Waals surface area contributed by atoms with Gasteiger partial charge in [0.25, 0.3) is 5.91 Å². The third kappa shape index (κ3) is 6.73. The zero-order valence-electron chi connectivity index (χ0n) is 22.0. The van der Waals surface area contributed by atoms with Crippen molar-refractivity contribution in [2.75, 3.05) is 18.4 Å². The number of anilines is 1. The molecule has 2 fully saturated rings. The number of benzene rings is 2. The van der Waals surface area contributed by atoms with Gasteiger partial charge in [0.15, 0.2) is 6.17 Å². The van der Waals surface area contributed by atoms with E-state index in [-0.39, 0.29) is 30.3 Å². The highest BCUT2D eigenvalue weighted by atomic mass is 35.5. The number of halogens is 2. The van der Waals surface area contributed by atoms with E-state index in [0.29, 0.717) is 5.69 Å². The Kier molecular flexibility index (Phi) is 9.32. The molecule has 1 saturated carbocycles. The van der Waals surface area contributed by atoms with E-state index in [4.69, 9.17) is 11.6 Å². The molecule has 1 heterocycles. The lowest BCUT2D eigenvalue weighted by atomic mass is 9.82. The van der Waals surface area contributed by atoms with E-state index in [1.54, 1.807) is 18.2 Å². The van der Waals surface area contributed by atoms with Gasteiger partial charge in [0.1, 0.15) is 5.82 Å². The monoisotopic (exact) mass is 594 g/mol. The standard InChI is InChI=1S/C27H32ClFN4O6S/c1-17-6-5-9-19(14-17)30-27(37)32-12-13-33(40(38,39)20-10-11-22(29)21(28)15-20)26(32)25(36)31-23(16-24(34)35)18-7-3-2-4-8-18/h5-6,9-11,14-15,18,23,26H,2-4,7-8,12-13,16H2,1H3,(H,30,37)(H,31,36)(H,34,35). The number of amides is 3. The van der Waals surface area contributed by atoms with E-state index in [1.807, 2.05) is 13.0 Å². The lowest BCUT2D eigenvalue weighted by Gasteiger charge is -2.34. The van der Waals surface area contributed by atoms with Gasteiger partial charge in [-0.1, -0.05) is 43.0 Å². The van der Waals surface area contributed by atoms with Gasteiger partial charge in [0.2, 0.25) is 10.0 Å². The fourth-order valence-electron chi connectivity index (χ4n) is 5.35. The number of hydrogen-bond acceptors (Lipinski definition) is 5. The van der Waals surface area contributed by atoms with Crippen LogP contribution in [0.25, 0.3) is 0 Å². The van der Waals surface area contributed by atoms with Gasteiger partial charge in [0.05, 0.1) is 16.3 Å². The van der Waals surface area contributed by atoms with Crippen molar-refractivity contribution in [2.45, 2.75) is 62.6 Å². The fourth-order valence-corrected chi connectivity index (χ4v) is 7.17. The number of urea groups is 1. The zero-order chi connectivity index (χ0) is 29.0. The number of carboxylic acid groups (broad SMARTS) is 1. The molecular formula is C27H32ClFN4O6S. The van der Waals surface area contributed by atoms with Crippen molar-refractivity contribution in [3.05, 3.63) is 58.9 Å². The number of aryl methyl sites for hydroxylation is 1. The Bertz CT molecular complexity index is 1380. The summed E-state index contributed by atoms with van der Waals surface area (Å²) in [6.07, 6.45) is 2.34. The number of sulfonamides is 1. The second kappa shape index (κ2) is 12.5. The van der Waals surface area contributed by atoms with Crippen LogP contribution in [0.3, 0.4) is 0 Å². The van der Waals surface area contributed by atoms with Gasteiger partial charge in [0, 0.05) is 24.8 Å². The fraction of sp³-hybridized carbons (Fsp3) is 0.444. The zero-order valence-corrected chi connectivity index (χ0v) is 23.5. The van der Waals surface area contributed by atoms with Crippen molar-refractivity contribution in [3.63, 3.8) is 0 Å². The molecule has 4 rings (SSSR count). The summed E-state index contributed by atoms with van der Waals surface area (Å²) >= 11 is 5.84. The number of aliphatic carboxylic acids is 1. The molecule has 0 aromatic heterocycles. The molecule has 1 aliphatic carbocycles. The summed E-state index contributed by atoms with van der Waals surface area (Å²) in [5, 5.41) is 14.6. The molecule has 216 valence electrons. The quantitative estimate of drug-likeness (QED) is 0.419. The highest BCUT2D eigenvalue weighted by Gasteiger charge is 2.47. The van der Waals surface area contributed by atoms with Crippen LogP contribution in [-0.4, -0.2) is 65.9 Å². The maximum Gasteiger partial charge on any atom is 0.323 e. The second-order valence-electron chi connectivity index (χ2n) is 10.2. The van der Waals surface area contributed by atoms with E-state index in [2.05, 4.69) is 10.6 Å². The smallest absolute Gasteiger partial charge is 0.323 e. The molecule has 2 unspecified atom stereocenters. The number of hydrogen-bond donors (Lipinski definition) is 3. The number of carboxylic acids is 1. The first-order valence-corrected chi connectivity index (χ1v) is 14.9. The summed E-state index contributed by atoms with van der Waals surface area (Å²) in [4.78, 5) is 39.6. The molecule has 2 atom stereocenters. The highest BCUT2D eigenvalue weighted by molar-refractivity contribution is 7.89. The molecule has 40 heavy (non-hydrogen) atoms. The number of carbonyl (C=O) groups excluding carboxylic acids is 2. The van der Waals surface area contributed by atoms with Crippen molar-refractivity contribution in [2.24, 2.45) is 5.92 Å². The first-order chi connectivity index (χ1) is 19.0. The molecular weight excluding hydrogens is 563 g/mol. The summed E-state index contributed by atoms with van der Waals surface area (Å²) in [5.41, 5.74) is 1.34. The van der Waals surface area contributed by atoms with E-state index in [9.17, 15) is 32.3 Å². The van der Waals surface area contributed by atoms with Crippen LogP contribution in [0.5, 0.6) is 0 Å². The maximum absolute atomic E-state index is 13.8. The van der Waals surface area contributed by atoms with Gasteiger partial charge < -0.3 is 15.7 Å². The summed E-state index contributed by atoms with van der Waals surface area (Å²) in [6.45, 7) is 1.51. The number of nitrogens with one attached hydrogen (secondary N) is 2. The SMILES string of the molecule is Cc1cccc(NC(=O)N2CCN(S(=O)(=O)c3ccc(F)c(Cl)c3)C2C(=O)NC(CC(=O)O)C2CCCCC2)c1. The van der Waals surface area contributed by atoms with Crippen LogP contribution in [0.1, 0.15) is 44.1 Å². The van der Waals surface area contributed by atoms with E-state index < -0.39 is 51.0 Å². The molecule has 3 amide bonds. The van der Waals surface area contributed by atoms with Crippen LogP contribution in [0.4, 0.5) is 14.9 Å². The Balaban J connectivity index is 1.67. The summed E-state index contributed by atoms with van der Waals surface area (Å²) < 4.78 is 42.0. The van der Waals surface area contributed by atoms with E-state index in [0.717, 1.165) is 65.1 Å². The lowest BCUT2D eigenvalue weighted by molar-refractivity contribution is -0.138. The van der Waals surface area contributed by atoms with E-state index in [1.165, 1.54) is 0 Å². The highest BCUT2D eigenvalue weighted by Crippen LogP contribution is 2.31. The normalized spacial score (nSPS) is 19.3. The van der Waals surface area contributed by atoms with Crippen LogP contribution in [-0.2, 0) is 19.6 Å². The van der Waals surface area contributed by atoms with Gasteiger partial charge in [-0.05, 0) is 61.6 Å². The molecule has 3 N–H and O–H groups in total. The summed E-state index contributed by atoms with van der Waals surface area (Å²) in [6, 6.07) is 8.44. The van der Waals surface area contributed by atoms with E-state index >= 15 is 0 Å². The van der Waals surface area contributed by atoms with Crippen molar-refractivity contribution < 1.29 is 32.3 Å².